The zero-order valence-corrected chi connectivity index (χ0v) is 17.1. The molecule has 2 heterocycles. The van der Waals surface area contributed by atoms with E-state index in [0.29, 0.717) is 11.4 Å². The molecule has 0 spiro atoms. The Kier molecular flexibility index (Phi) is 8.72. The van der Waals surface area contributed by atoms with Crippen molar-refractivity contribution in [1.82, 2.24) is 10.3 Å². The first-order valence-electron chi connectivity index (χ1n) is 9.89. The molecule has 1 amide bonds. The Morgan fingerprint density at radius 1 is 1.19 bits per heavy atom. The zero-order chi connectivity index (χ0) is 18.9. The highest BCUT2D eigenvalue weighted by Gasteiger charge is 2.24. The molecule has 5 nitrogen and oxygen atoms in total. The van der Waals surface area contributed by atoms with E-state index in [1.807, 2.05) is 38.6 Å². The van der Waals surface area contributed by atoms with Gasteiger partial charge in [0.15, 0.2) is 0 Å². The van der Waals surface area contributed by atoms with E-state index in [-0.39, 0.29) is 24.1 Å². The van der Waals surface area contributed by atoms with Crippen LogP contribution in [-0.2, 0) is 0 Å². The van der Waals surface area contributed by atoms with Gasteiger partial charge in [0.25, 0.3) is 5.91 Å². The normalized spacial score (nSPS) is 23.5. The van der Waals surface area contributed by atoms with Gasteiger partial charge in [0.1, 0.15) is 11.7 Å². The summed E-state index contributed by atoms with van der Waals surface area (Å²) in [5.74, 6) is 2.62. The van der Waals surface area contributed by atoms with Crippen LogP contribution in [0.2, 0.25) is 0 Å². The van der Waals surface area contributed by atoms with Crippen molar-refractivity contribution < 1.29 is 9.53 Å². The molecule has 1 saturated carbocycles. The van der Waals surface area contributed by atoms with Gasteiger partial charge in [0.2, 0.25) is 5.88 Å². The van der Waals surface area contributed by atoms with Crippen molar-refractivity contribution in [3.05, 3.63) is 23.4 Å². The van der Waals surface area contributed by atoms with E-state index in [1.54, 1.807) is 6.20 Å². The van der Waals surface area contributed by atoms with Gasteiger partial charge in [-0.25, -0.2) is 4.98 Å². The number of carbonyl (C=O) groups is 1. The Morgan fingerprint density at radius 2 is 1.85 bits per heavy atom. The van der Waals surface area contributed by atoms with E-state index in [1.165, 1.54) is 0 Å². The Labute approximate surface area is 161 Å². The smallest absolute Gasteiger partial charge is 0.256 e. The molecular weight excluding hydrogens is 346 g/mol. The summed E-state index contributed by atoms with van der Waals surface area (Å²) in [5.41, 5.74) is 7.47. The lowest BCUT2D eigenvalue weighted by molar-refractivity contribution is 0.0915. The van der Waals surface area contributed by atoms with Gasteiger partial charge in [-0.1, -0.05) is 13.8 Å². The van der Waals surface area contributed by atoms with Crippen LogP contribution in [0.5, 0.6) is 5.88 Å². The van der Waals surface area contributed by atoms with Gasteiger partial charge in [-0.3, -0.25) is 4.79 Å². The summed E-state index contributed by atoms with van der Waals surface area (Å²) in [6.07, 6.45) is 7.80. The number of rotatable bonds is 4. The van der Waals surface area contributed by atoms with E-state index in [9.17, 15) is 4.79 Å². The highest BCUT2D eigenvalue weighted by atomic mass is 32.2. The fourth-order valence-corrected chi connectivity index (χ4v) is 4.35. The molecule has 2 fully saturated rings. The fraction of sp³-hybridized carbons (Fsp3) is 0.700. The lowest BCUT2D eigenvalue weighted by Crippen LogP contribution is -2.40. The molecule has 1 aliphatic heterocycles. The zero-order valence-electron chi connectivity index (χ0n) is 16.3. The molecule has 146 valence electrons. The summed E-state index contributed by atoms with van der Waals surface area (Å²) < 4.78 is 6.06. The Morgan fingerprint density at radius 3 is 2.50 bits per heavy atom. The van der Waals surface area contributed by atoms with Crippen LogP contribution >= 0.6 is 11.8 Å². The first kappa shape index (κ1) is 21.0. The fourth-order valence-electron chi connectivity index (χ4n) is 3.29. The molecule has 0 atom stereocenters. The molecule has 6 heteroatoms. The maximum Gasteiger partial charge on any atom is 0.256 e. The van der Waals surface area contributed by atoms with Crippen molar-refractivity contribution in [2.75, 3.05) is 11.5 Å². The minimum atomic E-state index is -0.0770. The number of ether oxygens (including phenoxy) is 1. The summed E-state index contributed by atoms with van der Waals surface area (Å²) in [6.45, 7) is 5.95. The number of amides is 1. The third kappa shape index (κ3) is 6.16. The van der Waals surface area contributed by atoms with Crippen molar-refractivity contribution in [3.63, 3.8) is 0 Å². The molecule has 1 aliphatic carbocycles. The number of hydrogen-bond acceptors (Lipinski definition) is 5. The van der Waals surface area contributed by atoms with Gasteiger partial charge < -0.3 is 15.8 Å². The van der Waals surface area contributed by atoms with E-state index >= 15 is 0 Å². The van der Waals surface area contributed by atoms with Crippen LogP contribution in [0, 0.1) is 6.92 Å². The molecule has 1 aromatic heterocycles. The van der Waals surface area contributed by atoms with Crippen molar-refractivity contribution in [3.8, 4) is 5.88 Å². The standard InChI is InChI=1S/C18H27N3O2S.C2H6/c1-12-10-16(17(22)21-14-4-2-13(19)3-5-14)18(20-11-12)23-15-6-8-24-9-7-15;1-2/h10-11,13-15H,2-9,19H2,1H3,(H,21,22);1-2H3. The minimum Gasteiger partial charge on any atom is -0.474 e. The number of pyridine rings is 1. The van der Waals surface area contributed by atoms with E-state index in [4.69, 9.17) is 10.5 Å². The van der Waals surface area contributed by atoms with Gasteiger partial charge >= 0.3 is 0 Å². The molecule has 1 saturated heterocycles. The number of hydrogen-bond donors (Lipinski definition) is 2. The molecule has 0 bridgehead atoms. The Bertz CT molecular complexity index is 568. The number of thioether (sulfide) groups is 1. The molecule has 26 heavy (non-hydrogen) atoms. The van der Waals surface area contributed by atoms with Crippen molar-refractivity contribution in [1.29, 1.82) is 0 Å². The summed E-state index contributed by atoms with van der Waals surface area (Å²) in [7, 11) is 0. The third-order valence-corrected chi connectivity index (χ3v) is 5.83. The largest absolute Gasteiger partial charge is 0.474 e. The number of nitrogens with two attached hydrogens (primary N) is 1. The van der Waals surface area contributed by atoms with Crippen LogP contribution in [0.3, 0.4) is 0 Å². The topological polar surface area (TPSA) is 77.2 Å². The van der Waals surface area contributed by atoms with Crippen molar-refractivity contribution >= 4 is 17.7 Å². The van der Waals surface area contributed by atoms with Crippen LogP contribution in [0.1, 0.15) is 68.3 Å². The monoisotopic (exact) mass is 379 g/mol. The second kappa shape index (κ2) is 10.8. The molecular formula is C20H33N3O2S. The van der Waals surface area contributed by atoms with Crippen molar-refractivity contribution in [2.24, 2.45) is 5.73 Å². The van der Waals surface area contributed by atoms with Crippen LogP contribution in [-0.4, -0.2) is 40.6 Å². The van der Waals surface area contributed by atoms with E-state index in [0.717, 1.165) is 55.6 Å². The number of nitrogens with zero attached hydrogens (tertiary/aromatic N) is 1. The van der Waals surface area contributed by atoms with Gasteiger partial charge in [0, 0.05) is 18.3 Å². The molecule has 3 N–H and O–H groups in total. The van der Waals surface area contributed by atoms with E-state index < -0.39 is 0 Å². The van der Waals surface area contributed by atoms with Gasteiger partial charge in [-0.15, -0.1) is 0 Å². The number of aromatic nitrogens is 1. The maximum atomic E-state index is 12.7. The van der Waals surface area contributed by atoms with Gasteiger partial charge in [-0.05, 0) is 68.6 Å². The highest BCUT2D eigenvalue weighted by Crippen LogP contribution is 2.25. The van der Waals surface area contributed by atoms with Crippen molar-refractivity contribution in [2.45, 2.75) is 77.5 Å². The lowest BCUT2D eigenvalue weighted by Gasteiger charge is -2.27. The second-order valence-corrected chi connectivity index (χ2v) is 8.10. The van der Waals surface area contributed by atoms with Gasteiger partial charge in [-0.2, -0.15) is 11.8 Å². The summed E-state index contributed by atoms with van der Waals surface area (Å²) in [4.78, 5) is 17.1. The highest BCUT2D eigenvalue weighted by molar-refractivity contribution is 7.99. The van der Waals surface area contributed by atoms with Gasteiger partial charge in [0.05, 0.1) is 0 Å². The number of nitrogens with one attached hydrogen (secondary N) is 1. The predicted molar refractivity (Wildman–Crippen MR) is 109 cm³/mol. The Balaban J connectivity index is 0.00000117. The molecule has 0 aromatic carbocycles. The summed E-state index contributed by atoms with van der Waals surface area (Å²) >= 11 is 1.96. The molecule has 1 aromatic rings. The van der Waals surface area contributed by atoms with Crippen LogP contribution in [0.4, 0.5) is 0 Å². The predicted octanol–water partition coefficient (Wildman–Crippen LogP) is 3.69. The SMILES string of the molecule is CC.Cc1cnc(OC2CCSCC2)c(C(=O)NC2CCC(N)CC2)c1. The lowest BCUT2D eigenvalue weighted by atomic mass is 9.91. The summed E-state index contributed by atoms with van der Waals surface area (Å²) in [6, 6.07) is 2.36. The molecule has 3 rings (SSSR count). The first-order valence-corrected chi connectivity index (χ1v) is 11.0. The second-order valence-electron chi connectivity index (χ2n) is 6.88. The molecule has 2 aliphatic rings. The average molecular weight is 380 g/mol. The number of carbonyl (C=O) groups excluding carboxylic acids is 1. The third-order valence-electron chi connectivity index (χ3n) is 4.79. The molecule has 0 unspecified atom stereocenters. The van der Waals surface area contributed by atoms with E-state index in [2.05, 4.69) is 10.3 Å². The minimum absolute atomic E-state index is 0.0770. The maximum absolute atomic E-state index is 12.7. The average Bonchev–Trinajstić information content (AvgIpc) is 2.67. The first-order chi connectivity index (χ1) is 12.6. The Hall–Kier alpha value is -1.27. The quantitative estimate of drug-likeness (QED) is 0.834. The molecule has 0 radical (unpaired) electrons. The van der Waals surface area contributed by atoms with Crippen LogP contribution < -0.4 is 15.8 Å². The summed E-state index contributed by atoms with van der Waals surface area (Å²) in [5, 5.41) is 3.14. The van der Waals surface area contributed by atoms with Crippen LogP contribution in [0.25, 0.3) is 0 Å². The van der Waals surface area contributed by atoms with Crippen LogP contribution in [0.15, 0.2) is 12.3 Å². The number of aryl methyl sites for hydroxylation is 1.